The molecule has 0 aliphatic rings. The van der Waals surface area contributed by atoms with Gasteiger partial charge in [-0.1, -0.05) is 6.92 Å². The molecule has 20 heavy (non-hydrogen) atoms. The lowest BCUT2D eigenvalue weighted by Crippen LogP contribution is -2.07. The summed E-state index contributed by atoms with van der Waals surface area (Å²) in [6.07, 6.45) is 1.10. The van der Waals surface area contributed by atoms with Crippen molar-refractivity contribution in [2.45, 2.75) is 47.1 Å². The topological polar surface area (TPSA) is 53.1 Å². The molecule has 0 amide bonds. The van der Waals surface area contributed by atoms with Crippen molar-refractivity contribution < 1.29 is 4.74 Å². The molecule has 0 aliphatic heterocycles. The zero-order chi connectivity index (χ0) is 14.9. The molecule has 0 fully saturated rings. The monoisotopic (exact) mass is 273 g/mol. The molecule has 2 aromatic rings. The average molecular weight is 273 g/mol. The summed E-state index contributed by atoms with van der Waals surface area (Å²) in [6.45, 7) is 10.3. The van der Waals surface area contributed by atoms with E-state index in [0.29, 0.717) is 5.69 Å². The third kappa shape index (κ3) is 2.79. The third-order valence-electron chi connectivity index (χ3n) is 3.32. The number of nitrogens with zero attached hydrogens (tertiary/aromatic N) is 2. The fourth-order valence-electron chi connectivity index (χ4n) is 2.51. The zero-order valence-electron chi connectivity index (χ0n) is 12.9. The fourth-order valence-corrected chi connectivity index (χ4v) is 2.51. The Balaban J connectivity index is 2.50. The summed E-state index contributed by atoms with van der Waals surface area (Å²) < 4.78 is 7.68. The molecule has 0 bridgehead atoms. The van der Waals surface area contributed by atoms with Gasteiger partial charge in [0, 0.05) is 23.5 Å². The van der Waals surface area contributed by atoms with Gasteiger partial charge in [-0.2, -0.15) is 5.10 Å². The van der Waals surface area contributed by atoms with Crippen LogP contribution in [0.15, 0.2) is 18.2 Å². The van der Waals surface area contributed by atoms with E-state index in [1.165, 1.54) is 5.56 Å². The third-order valence-corrected chi connectivity index (χ3v) is 3.32. The lowest BCUT2D eigenvalue weighted by atomic mass is 10.1. The Labute approximate surface area is 120 Å². The second kappa shape index (κ2) is 5.57. The second-order valence-corrected chi connectivity index (χ2v) is 5.34. The molecule has 0 atom stereocenters. The van der Waals surface area contributed by atoms with Gasteiger partial charge in [0.1, 0.15) is 5.75 Å². The minimum absolute atomic E-state index is 0.122. The van der Waals surface area contributed by atoms with Crippen LogP contribution < -0.4 is 10.5 Å². The van der Waals surface area contributed by atoms with Crippen molar-refractivity contribution in [2.24, 2.45) is 0 Å². The van der Waals surface area contributed by atoms with Gasteiger partial charge < -0.3 is 10.5 Å². The predicted molar refractivity (Wildman–Crippen MR) is 82.6 cm³/mol. The minimum atomic E-state index is 0.122. The highest BCUT2D eigenvalue weighted by atomic mass is 16.5. The van der Waals surface area contributed by atoms with Crippen molar-refractivity contribution in [1.82, 2.24) is 9.78 Å². The van der Waals surface area contributed by atoms with Gasteiger partial charge in [-0.25, -0.2) is 4.68 Å². The molecule has 0 saturated heterocycles. The van der Waals surface area contributed by atoms with Gasteiger partial charge in [0.2, 0.25) is 0 Å². The van der Waals surface area contributed by atoms with Gasteiger partial charge in [0.15, 0.2) is 0 Å². The Hall–Kier alpha value is -1.97. The highest BCUT2D eigenvalue weighted by Crippen LogP contribution is 2.25. The summed E-state index contributed by atoms with van der Waals surface area (Å²) in [6, 6.07) is 5.75. The molecule has 108 valence electrons. The standard InChI is InChI=1S/C16H23N3O/c1-6-16-11(4)18-19(12(16)5)14-7-13(17)8-15(9-14)20-10(2)3/h7-10H,6,17H2,1-5H3. The van der Waals surface area contributed by atoms with Gasteiger partial charge in [-0.3, -0.25) is 0 Å². The highest BCUT2D eigenvalue weighted by molar-refractivity contribution is 5.54. The summed E-state index contributed by atoms with van der Waals surface area (Å²) in [5.74, 6) is 0.778. The number of nitrogen functional groups attached to an aromatic ring is 1. The fraction of sp³-hybridized carbons (Fsp3) is 0.438. The van der Waals surface area contributed by atoms with E-state index in [1.807, 2.05) is 43.7 Å². The Kier molecular flexibility index (Phi) is 4.02. The molecular weight excluding hydrogens is 250 g/mol. The Morgan fingerprint density at radius 1 is 1.25 bits per heavy atom. The molecule has 1 heterocycles. The SMILES string of the molecule is CCc1c(C)nn(-c2cc(N)cc(OC(C)C)c2)c1C. The molecule has 1 aromatic heterocycles. The maximum Gasteiger partial charge on any atom is 0.123 e. The van der Waals surface area contributed by atoms with Crippen molar-refractivity contribution in [3.8, 4) is 11.4 Å². The molecule has 0 radical (unpaired) electrons. The van der Waals surface area contributed by atoms with Crippen molar-refractivity contribution in [3.63, 3.8) is 0 Å². The number of ether oxygens (including phenoxy) is 1. The first-order valence-corrected chi connectivity index (χ1v) is 7.05. The van der Waals surface area contributed by atoms with Gasteiger partial charge >= 0.3 is 0 Å². The number of rotatable bonds is 4. The summed E-state index contributed by atoms with van der Waals surface area (Å²) in [7, 11) is 0. The molecule has 0 saturated carbocycles. The van der Waals surface area contributed by atoms with Crippen LogP contribution in [0.3, 0.4) is 0 Å². The Morgan fingerprint density at radius 3 is 2.50 bits per heavy atom. The van der Waals surface area contributed by atoms with Crippen LogP contribution in [0.4, 0.5) is 5.69 Å². The maximum atomic E-state index is 5.98. The van der Waals surface area contributed by atoms with Crippen LogP contribution >= 0.6 is 0 Å². The number of aryl methyl sites for hydroxylation is 1. The molecule has 4 nitrogen and oxygen atoms in total. The van der Waals surface area contributed by atoms with E-state index >= 15 is 0 Å². The van der Waals surface area contributed by atoms with Crippen molar-refractivity contribution in [1.29, 1.82) is 0 Å². The van der Waals surface area contributed by atoms with E-state index in [-0.39, 0.29) is 6.10 Å². The molecule has 1 aromatic carbocycles. The van der Waals surface area contributed by atoms with Crippen molar-refractivity contribution in [3.05, 3.63) is 35.2 Å². The van der Waals surface area contributed by atoms with Crippen LogP contribution in [-0.2, 0) is 6.42 Å². The number of aromatic nitrogens is 2. The smallest absolute Gasteiger partial charge is 0.123 e. The number of nitrogens with two attached hydrogens (primary N) is 1. The molecular formula is C16H23N3O. The lowest BCUT2D eigenvalue weighted by molar-refractivity contribution is 0.242. The van der Waals surface area contributed by atoms with Crippen LogP contribution in [0.1, 0.15) is 37.7 Å². The van der Waals surface area contributed by atoms with E-state index in [9.17, 15) is 0 Å². The van der Waals surface area contributed by atoms with E-state index in [0.717, 1.165) is 29.2 Å². The zero-order valence-corrected chi connectivity index (χ0v) is 12.9. The number of benzene rings is 1. The molecule has 4 heteroatoms. The first-order valence-electron chi connectivity index (χ1n) is 7.05. The summed E-state index contributed by atoms with van der Waals surface area (Å²) >= 11 is 0. The van der Waals surface area contributed by atoms with Gasteiger partial charge in [-0.15, -0.1) is 0 Å². The summed E-state index contributed by atoms with van der Waals surface area (Å²) in [5, 5.41) is 4.62. The first-order chi connectivity index (χ1) is 9.42. The van der Waals surface area contributed by atoms with E-state index in [1.54, 1.807) is 0 Å². The van der Waals surface area contributed by atoms with Crippen LogP contribution in [0, 0.1) is 13.8 Å². The molecule has 0 spiro atoms. The average Bonchev–Trinajstić information content (AvgIpc) is 2.62. The van der Waals surface area contributed by atoms with E-state index < -0.39 is 0 Å². The molecule has 0 aliphatic carbocycles. The predicted octanol–water partition coefficient (Wildman–Crippen LogP) is 3.42. The minimum Gasteiger partial charge on any atom is -0.491 e. The molecule has 0 unspecified atom stereocenters. The quantitative estimate of drug-likeness (QED) is 0.868. The van der Waals surface area contributed by atoms with Gasteiger partial charge in [-0.05, 0) is 45.7 Å². The van der Waals surface area contributed by atoms with Crippen LogP contribution in [-0.4, -0.2) is 15.9 Å². The molecule has 2 N–H and O–H groups in total. The number of anilines is 1. The van der Waals surface area contributed by atoms with E-state index in [4.69, 9.17) is 10.5 Å². The van der Waals surface area contributed by atoms with Crippen LogP contribution in [0.2, 0.25) is 0 Å². The maximum absolute atomic E-state index is 5.98. The number of hydrogen-bond donors (Lipinski definition) is 1. The van der Waals surface area contributed by atoms with E-state index in [2.05, 4.69) is 18.9 Å². The first kappa shape index (κ1) is 14.4. The normalized spacial score (nSPS) is 11.1. The largest absolute Gasteiger partial charge is 0.491 e. The number of hydrogen-bond acceptors (Lipinski definition) is 3. The lowest BCUT2D eigenvalue weighted by Gasteiger charge is -2.13. The van der Waals surface area contributed by atoms with Crippen molar-refractivity contribution in [2.75, 3.05) is 5.73 Å². The van der Waals surface area contributed by atoms with Crippen molar-refractivity contribution >= 4 is 5.69 Å². The molecule has 2 rings (SSSR count). The van der Waals surface area contributed by atoms with Gasteiger partial charge in [0.25, 0.3) is 0 Å². The van der Waals surface area contributed by atoms with Crippen LogP contribution in [0.25, 0.3) is 5.69 Å². The second-order valence-electron chi connectivity index (χ2n) is 5.34. The Bertz CT molecular complexity index is 614. The highest BCUT2D eigenvalue weighted by Gasteiger charge is 2.12. The van der Waals surface area contributed by atoms with Gasteiger partial charge in [0.05, 0.1) is 17.5 Å². The Morgan fingerprint density at radius 2 is 1.95 bits per heavy atom. The summed E-state index contributed by atoms with van der Waals surface area (Å²) in [4.78, 5) is 0. The summed E-state index contributed by atoms with van der Waals surface area (Å²) in [5.41, 5.74) is 11.1. The van der Waals surface area contributed by atoms with Crippen LogP contribution in [0.5, 0.6) is 5.75 Å².